The van der Waals surface area contributed by atoms with Crippen LogP contribution in [0.4, 0.5) is 96.6 Å². The topological polar surface area (TPSA) is 82.1 Å². The second-order valence-corrected chi connectivity index (χ2v) is 30.0. The van der Waals surface area contributed by atoms with Gasteiger partial charge in [-0.3, -0.25) is 0 Å². The molecule has 0 unspecified atom stereocenters. The van der Waals surface area contributed by atoms with Crippen molar-refractivity contribution in [1.29, 1.82) is 0 Å². The summed E-state index contributed by atoms with van der Waals surface area (Å²) < 4.78 is 305. The Morgan fingerprint density at radius 3 is 0.917 bits per heavy atom. The molecule has 0 amide bonds. The summed E-state index contributed by atoms with van der Waals surface area (Å²) in [5, 5.41) is 8.43. The third-order valence-corrected chi connectivity index (χ3v) is 24.1. The third kappa shape index (κ3) is 20.4. The molecule has 0 saturated heterocycles. The van der Waals surface area contributed by atoms with Gasteiger partial charge in [-0.1, -0.05) is 0 Å². The molecule has 0 heterocycles. The molecule has 0 aromatic heterocycles. The Bertz CT molecular complexity index is 3080. The molecule has 30 heteroatoms. The van der Waals surface area contributed by atoms with Crippen LogP contribution in [0.5, 0.6) is 0 Å². The van der Waals surface area contributed by atoms with Crippen molar-refractivity contribution in [2.45, 2.75) is 63.1 Å². The first kappa shape index (κ1) is 68.4. The number of rotatable bonds is 14. The molecule has 1 N–H and O–H groups in total. The van der Waals surface area contributed by atoms with Crippen LogP contribution in [-0.4, -0.2) is 61.9 Å². The molecule has 7 aromatic rings. The number of hydrogen-bond acceptors (Lipinski definition) is 5. The van der Waals surface area contributed by atoms with E-state index in [1.807, 2.05) is 0 Å². The van der Waals surface area contributed by atoms with Gasteiger partial charge in [0, 0.05) is 0 Å². The van der Waals surface area contributed by atoms with Crippen LogP contribution in [0.2, 0.25) is 0 Å². The predicted molar refractivity (Wildman–Crippen MR) is 257 cm³/mol. The molecule has 450 valence electrons. The van der Waals surface area contributed by atoms with Gasteiger partial charge < -0.3 is 5.11 Å². The van der Waals surface area contributed by atoms with Crippen LogP contribution in [0.3, 0.4) is 0 Å². The van der Waals surface area contributed by atoms with Crippen molar-refractivity contribution in [2.75, 3.05) is 0 Å². The molecular formula is C54H34Bi2F22O6. The number of alkyl halides is 22. The van der Waals surface area contributed by atoms with E-state index in [4.69, 9.17) is 13.5 Å². The average molecular weight is 1610 g/mol. The predicted octanol–water partition coefficient (Wildman–Crippen LogP) is 15.8. The van der Waals surface area contributed by atoms with Crippen LogP contribution in [0.1, 0.15) is 89.2 Å². The van der Waals surface area contributed by atoms with Crippen molar-refractivity contribution >= 4 is 66.6 Å². The molecule has 0 atom stereocenters. The number of carboxylic acid groups (broad SMARTS) is 1. The number of halogens is 22. The average Bonchev–Trinajstić information content (AvgIpc) is 3.57. The molecule has 84 heavy (non-hydrogen) atoms. The van der Waals surface area contributed by atoms with E-state index >= 15 is 0 Å². The fourth-order valence-corrected chi connectivity index (χ4v) is 19.6. The third-order valence-electron chi connectivity index (χ3n) is 10.7. The summed E-state index contributed by atoms with van der Waals surface area (Å²) in [6.45, 7) is -2.31. The summed E-state index contributed by atoms with van der Waals surface area (Å²) in [6, 6.07) is 34.5. The van der Waals surface area contributed by atoms with Gasteiger partial charge in [0.1, 0.15) is 0 Å². The summed E-state index contributed by atoms with van der Waals surface area (Å²) in [5.41, 5.74) is -16.6. The maximum absolute atomic E-state index is 13.3. The number of hydrogen-bond donors (Lipinski definition) is 1. The van der Waals surface area contributed by atoms with E-state index in [2.05, 4.69) is 91.0 Å². The molecule has 0 saturated carbocycles. The number of carboxylic acids is 1. The van der Waals surface area contributed by atoms with E-state index in [0.29, 0.717) is 24.3 Å². The Balaban J connectivity index is 0.000000288. The van der Waals surface area contributed by atoms with Crippen LogP contribution >= 0.6 is 0 Å². The minimum absolute atomic E-state index is 0.0665. The van der Waals surface area contributed by atoms with Gasteiger partial charge in [0.25, 0.3) is 0 Å². The van der Waals surface area contributed by atoms with E-state index in [1.165, 1.54) is 9.81 Å². The van der Waals surface area contributed by atoms with E-state index in [9.17, 15) is 106 Å². The van der Waals surface area contributed by atoms with E-state index in [-0.39, 0.29) is 48.5 Å². The molecule has 0 aliphatic rings. The maximum atomic E-state index is 13.3. The van der Waals surface area contributed by atoms with Gasteiger partial charge in [0.2, 0.25) is 0 Å². The summed E-state index contributed by atoms with van der Waals surface area (Å²) >= 11 is -7.35. The summed E-state index contributed by atoms with van der Waals surface area (Å²) in [5.74, 6) is -3.83. The van der Waals surface area contributed by atoms with E-state index in [0.717, 1.165) is 0 Å². The molecule has 0 spiro atoms. The molecule has 0 bridgehead atoms. The van der Waals surface area contributed by atoms with Gasteiger partial charge in [0.05, 0.1) is 16.7 Å². The van der Waals surface area contributed by atoms with Crippen molar-refractivity contribution in [1.82, 2.24) is 0 Å². The van der Waals surface area contributed by atoms with Crippen LogP contribution in [-0.2, 0) is 58.7 Å². The summed E-state index contributed by atoms with van der Waals surface area (Å²) in [6.07, 6.45) is -38.2. The van der Waals surface area contributed by atoms with Crippen molar-refractivity contribution in [3.05, 3.63) is 231 Å². The van der Waals surface area contributed by atoms with Gasteiger partial charge in [-0.2, -0.15) is 26.3 Å². The van der Waals surface area contributed by atoms with Gasteiger partial charge in [-0.15, -0.1) is 0 Å². The molecule has 6 nitrogen and oxygen atoms in total. The van der Waals surface area contributed by atoms with Crippen molar-refractivity contribution in [2.24, 2.45) is 0 Å². The zero-order valence-electron chi connectivity index (χ0n) is 41.4. The van der Waals surface area contributed by atoms with Crippen molar-refractivity contribution in [3.8, 4) is 0 Å². The number of aromatic carboxylic acids is 1. The molecule has 0 fully saturated rings. The Labute approximate surface area is 477 Å². The zero-order valence-corrected chi connectivity index (χ0v) is 48.3. The molecular weight excluding hydrogens is 1580 g/mol. The standard InChI is InChI=1S/2C9H4F6O2.2C9H6F5O.3C6H5.2Bi/c2*10-8(11,12)5-1-4(7(16)17)2-6(3-5)9(13,14)15;2*10-8(11)6-1-5(4-15)2-7(3-6)9(12,13)14;3*1-2-4-6-5-3-1;;/h2*1-3H,(H,16,17);2*1-3,8H,4H2;3*1-5H;;/q;;2*-1;;;;;+3/p-1. The second-order valence-electron chi connectivity index (χ2n) is 16.9. The fraction of sp³-hybridized carbons (Fsp3) is 0.185. The van der Waals surface area contributed by atoms with Gasteiger partial charge in [-0.05, 0) is 18.2 Å². The molecule has 0 aliphatic carbocycles. The molecule has 7 aromatic carbocycles. The Kier molecular flexibility index (Phi) is 23.0. The van der Waals surface area contributed by atoms with Gasteiger partial charge >= 0.3 is 409 Å². The first-order valence-electron chi connectivity index (χ1n) is 22.9. The number of carbonyl (C=O) groups is 2. The monoisotopic (exact) mass is 1610 g/mol. The molecule has 7 rings (SSSR count). The van der Waals surface area contributed by atoms with E-state index < -0.39 is 187 Å². The summed E-state index contributed by atoms with van der Waals surface area (Å²) in [4.78, 5) is 23.2. The van der Waals surface area contributed by atoms with Crippen LogP contribution in [0.15, 0.2) is 164 Å². The quantitative estimate of drug-likeness (QED) is 0.0863. The second kappa shape index (κ2) is 28.2. The van der Waals surface area contributed by atoms with Crippen LogP contribution in [0.25, 0.3) is 0 Å². The van der Waals surface area contributed by atoms with Crippen molar-refractivity contribution in [3.63, 3.8) is 0 Å². The SMILES string of the molecule is O=C(O)c1cc(C(F)(F)F)cc(C(F)(F)F)c1.O=C([O][Bi]([O]Cc1cc(C(F)F)cc(C(F)(F)F)c1)[O]Cc1cc(C(F)F)cc(C(F)(F)F)c1)c1cc(C(F)(F)F)cc(C(F)(F)F)c1.c1cc[c]([Bi]([c]2ccccc2)[c]2ccccc2)cc1. The van der Waals surface area contributed by atoms with Crippen LogP contribution in [0, 0.1) is 0 Å². The normalized spacial score (nSPS) is 12.5. The van der Waals surface area contributed by atoms with Gasteiger partial charge in [0.15, 0.2) is 0 Å². The van der Waals surface area contributed by atoms with Crippen LogP contribution < -0.4 is 9.81 Å². The van der Waals surface area contributed by atoms with Crippen molar-refractivity contribution < 1.29 is 120 Å². The number of benzene rings is 7. The fourth-order valence-electron chi connectivity index (χ4n) is 6.98. The van der Waals surface area contributed by atoms with Gasteiger partial charge in [-0.25, -0.2) is 4.79 Å². The minimum atomic E-state index is -5.43. The Morgan fingerprint density at radius 1 is 0.381 bits per heavy atom. The molecule has 0 radical (unpaired) electrons. The first-order valence-corrected chi connectivity index (χ1v) is 32.3. The molecule has 0 aliphatic heterocycles. The Morgan fingerprint density at radius 2 is 0.655 bits per heavy atom. The zero-order chi connectivity index (χ0) is 62.8. The Hall–Kier alpha value is -6.37. The number of carbonyl (C=O) groups excluding carboxylic acids is 1. The van der Waals surface area contributed by atoms with E-state index in [1.54, 1.807) is 0 Å². The summed E-state index contributed by atoms with van der Waals surface area (Å²) in [7, 11) is 0. The first-order chi connectivity index (χ1) is 38.8.